The van der Waals surface area contributed by atoms with E-state index in [0.29, 0.717) is 19.3 Å². The van der Waals surface area contributed by atoms with Crippen LogP contribution in [0.2, 0.25) is 0 Å². The minimum absolute atomic E-state index is 0.0644. The highest BCUT2D eigenvalue weighted by atomic mass is 19.1. The van der Waals surface area contributed by atoms with Crippen LogP contribution in [-0.4, -0.2) is 38.9 Å². The second-order valence-electron chi connectivity index (χ2n) is 7.94. The highest BCUT2D eigenvalue weighted by Crippen LogP contribution is 2.60. The van der Waals surface area contributed by atoms with Gasteiger partial charge in [-0.2, -0.15) is 5.26 Å². The molecule has 0 unspecified atom stereocenters. The largest absolute Gasteiger partial charge is 0.390 e. The minimum atomic E-state index is -1.37. The number of hydrogen-bond acceptors (Lipinski definition) is 4. The van der Waals surface area contributed by atoms with Gasteiger partial charge in [-0.3, -0.25) is 9.36 Å². The van der Waals surface area contributed by atoms with Gasteiger partial charge in [-0.15, -0.1) is 0 Å². The molecule has 0 aromatic carbocycles. The van der Waals surface area contributed by atoms with Gasteiger partial charge in [-0.1, -0.05) is 0 Å². The van der Waals surface area contributed by atoms with E-state index in [-0.39, 0.29) is 31.0 Å². The van der Waals surface area contributed by atoms with E-state index in [2.05, 4.69) is 5.32 Å². The van der Waals surface area contributed by atoms with Crippen LogP contribution in [0.3, 0.4) is 0 Å². The first-order valence-corrected chi connectivity index (χ1v) is 8.21. The highest BCUT2D eigenvalue weighted by molar-refractivity contribution is 5.82. The molecule has 4 saturated carbocycles. The molecule has 1 heterocycles. The van der Waals surface area contributed by atoms with Crippen molar-refractivity contribution in [2.24, 2.45) is 5.92 Å². The molecule has 4 aliphatic carbocycles. The van der Waals surface area contributed by atoms with E-state index in [1.165, 1.54) is 0 Å². The van der Waals surface area contributed by atoms with E-state index in [1.807, 2.05) is 0 Å². The van der Waals surface area contributed by atoms with Crippen LogP contribution in [0, 0.1) is 23.1 Å². The Morgan fingerprint density at radius 3 is 2.88 bits per heavy atom. The molecule has 24 heavy (non-hydrogen) atoms. The summed E-state index contributed by atoms with van der Waals surface area (Å²) in [6.45, 7) is -0.123. The molecule has 4 aliphatic rings. The summed E-state index contributed by atoms with van der Waals surface area (Å²) in [5, 5.41) is 22.7. The van der Waals surface area contributed by atoms with Gasteiger partial charge in [0, 0.05) is 24.2 Å². The Hall–Kier alpha value is -1.78. The van der Waals surface area contributed by atoms with E-state index in [4.69, 9.17) is 5.26 Å². The molecule has 4 fully saturated rings. The number of rotatable bonds is 3. The van der Waals surface area contributed by atoms with Gasteiger partial charge in [0.1, 0.15) is 23.2 Å². The molecule has 7 heteroatoms. The molecule has 4 bridgehead atoms. The van der Waals surface area contributed by atoms with Crippen LogP contribution in [0.5, 0.6) is 0 Å². The molecule has 0 amide bonds. The Balaban J connectivity index is 1.52. The van der Waals surface area contributed by atoms with E-state index in [9.17, 15) is 18.7 Å². The third kappa shape index (κ3) is 2.45. The van der Waals surface area contributed by atoms with Gasteiger partial charge in [0.2, 0.25) is 5.91 Å². The van der Waals surface area contributed by atoms with Crippen LogP contribution in [0.25, 0.3) is 0 Å². The first kappa shape index (κ1) is 15.7. The summed E-state index contributed by atoms with van der Waals surface area (Å²) in [5.74, 6) is -0.990. The number of aromatic nitrogens is 1. The fourth-order valence-electron chi connectivity index (χ4n) is 5.54. The number of alkyl halides is 1. The quantitative estimate of drug-likeness (QED) is 0.884. The lowest BCUT2D eigenvalue weighted by atomic mass is 9.50. The summed E-state index contributed by atoms with van der Waals surface area (Å²) in [4.78, 5) is 12.3. The van der Waals surface area contributed by atoms with Crippen LogP contribution in [0.4, 0.5) is 8.78 Å². The van der Waals surface area contributed by atoms with Crippen molar-refractivity contribution in [3.05, 3.63) is 23.8 Å². The molecule has 0 aliphatic heterocycles. The zero-order chi connectivity index (χ0) is 17.2. The first-order valence-electron chi connectivity index (χ1n) is 8.21. The first-order chi connectivity index (χ1) is 11.2. The van der Waals surface area contributed by atoms with Crippen molar-refractivity contribution in [1.29, 1.82) is 5.26 Å². The number of carbonyl (C=O) groups is 1. The predicted molar refractivity (Wildman–Crippen MR) is 80.4 cm³/mol. The average Bonchev–Trinajstić information content (AvgIpc) is 2.82. The third-order valence-electron chi connectivity index (χ3n) is 5.76. The van der Waals surface area contributed by atoms with E-state index in [1.54, 1.807) is 6.07 Å². The number of carbonyl (C=O) groups excluding carboxylic acids is 1. The maximum atomic E-state index is 15.0. The Labute approximate surface area is 138 Å². The zero-order valence-corrected chi connectivity index (χ0v) is 13.2. The van der Waals surface area contributed by atoms with Gasteiger partial charge in [0.25, 0.3) is 0 Å². The van der Waals surface area contributed by atoms with Gasteiger partial charge in [0.15, 0.2) is 0 Å². The van der Waals surface area contributed by atoms with Crippen LogP contribution in [-0.2, 0) is 0 Å². The molecule has 4 atom stereocenters. The van der Waals surface area contributed by atoms with E-state index < -0.39 is 28.5 Å². The molecule has 1 aromatic rings. The van der Waals surface area contributed by atoms with Crippen molar-refractivity contribution >= 4 is 5.91 Å². The zero-order valence-electron chi connectivity index (χ0n) is 13.2. The van der Waals surface area contributed by atoms with Crippen molar-refractivity contribution in [2.45, 2.75) is 55.3 Å². The lowest BCUT2D eigenvalue weighted by Gasteiger charge is -2.62. The molecule has 0 spiro atoms. The molecular formula is C17H19F2N3O2. The number of nitrogens with zero attached hydrogens (tertiary/aromatic N) is 2. The molecule has 0 radical (unpaired) electrons. The number of aliphatic hydroxyl groups is 1. The fourth-order valence-corrected chi connectivity index (χ4v) is 5.54. The minimum Gasteiger partial charge on any atom is -0.390 e. The third-order valence-corrected chi connectivity index (χ3v) is 5.76. The Morgan fingerprint density at radius 2 is 2.21 bits per heavy atom. The van der Waals surface area contributed by atoms with Gasteiger partial charge in [-0.25, -0.2) is 8.78 Å². The lowest BCUT2D eigenvalue weighted by Crippen LogP contribution is -2.69. The summed E-state index contributed by atoms with van der Waals surface area (Å²) >= 11 is 0. The van der Waals surface area contributed by atoms with Crippen LogP contribution in [0.15, 0.2) is 12.3 Å². The van der Waals surface area contributed by atoms with Gasteiger partial charge < -0.3 is 10.4 Å². The Morgan fingerprint density at radius 1 is 1.42 bits per heavy atom. The number of halogens is 2. The summed E-state index contributed by atoms with van der Waals surface area (Å²) in [6.07, 6.45) is 3.71. The van der Waals surface area contributed by atoms with E-state index >= 15 is 0 Å². The van der Waals surface area contributed by atoms with Gasteiger partial charge in [0.05, 0.1) is 12.1 Å². The fraction of sp³-hybridized carbons (Fsp3) is 0.647. The lowest BCUT2D eigenvalue weighted by molar-refractivity contribution is -0.185. The van der Waals surface area contributed by atoms with Crippen molar-refractivity contribution < 1.29 is 18.7 Å². The summed E-state index contributed by atoms with van der Waals surface area (Å²) in [6, 6.07) is 2.78. The van der Waals surface area contributed by atoms with Crippen molar-refractivity contribution in [2.75, 3.05) is 6.54 Å². The number of nitrogens with one attached hydrogen (secondary N) is 1. The van der Waals surface area contributed by atoms with Crippen LogP contribution in [0.1, 0.15) is 49.0 Å². The Kier molecular flexibility index (Phi) is 3.19. The second kappa shape index (κ2) is 4.87. The van der Waals surface area contributed by atoms with Gasteiger partial charge in [-0.05, 0) is 38.0 Å². The summed E-state index contributed by atoms with van der Waals surface area (Å²) < 4.78 is 29.2. The van der Waals surface area contributed by atoms with Crippen molar-refractivity contribution in [3.8, 4) is 6.07 Å². The van der Waals surface area contributed by atoms with Gasteiger partial charge >= 0.3 is 0 Å². The van der Waals surface area contributed by atoms with Crippen LogP contribution < -0.4 is 5.32 Å². The molecular weight excluding hydrogens is 316 g/mol. The maximum absolute atomic E-state index is 15.0. The Bertz CT molecular complexity index is 736. The van der Waals surface area contributed by atoms with Crippen molar-refractivity contribution in [3.63, 3.8) is 0 Å². The van der Waals surface area contributed by atoms with Crippen LogP contribution >= 0.6 is 0 Å². The average molecular weight is 335 g/mol. The summed E-state index contributed by atoms with van der Waals surface area (Å²) in [7, 11) is 0. The molecule has 5 rings (SSSR count). The topological polar surface area (TPSA) is 78.0 Å². The summed E-state index contributed by atoms with van der Waals surface area (Å²) in [5.41, 5.74) is -3.04. The molecule has 128 valence electrons. The molecule has 0 saturated heterocycles. The number of nitriles is 1. The monoisotopic (exact) mass is 335 g/mol. The van der Waals surface area contributed by atoms with Crippen molar-refractivity contribution in [1.82, 2.24) is 9.88 Å². The number of hydrogen-bond donors (Lipinski definition) is 2. The molecule has 2 N–H and O–H groups in total. The SMILES string of the molecule is N#Cc1cc(F)cn1C(=O)CN[C@]12C[C@H]3C[C@@](O)(C[C@](F)(C3)C1)C2. The molecule has 1 aromatic heterocycles. The maximum Gasteiger partial charge on any atom is 0.245 e. The van der Waals surface area contributed by atoms with E-state index in [0.717, 1.165) is 23.3 Å². The normalized spacial score (nSPS) is 39.8. The second-order valence-corrected chi connectivity index (χ2v) is 7.94. The smallest absolute Gasteiger partial charge is 0.245 e. The highest BCUT2D eigenvalue weighted by Gasteiger charge is 2.63. The predicted octanol–water partition coefficient (Wildman–Crippen LogP) is 1.90. The molecule has 5 nitrogen and oxygen atoms in total. The standard InChI is InChI=1S/C17H19F2N3O2/c18-12-1-13(5-20)22(7-12)14(23)6-21-16-3-11-2-15(19,8-16)9-17(24,4-11)10-16/h1,7,11,21,24H,2-4,6,8-10H2/t11-,15-,16+,17+/m0/s1.